The summed E-state index contributed by atoms with van der Waals surface area (Å²) >= 11 is 0. The van der Waals surface area contributed by atoms with Crippen LogP contribution in [0.1, 0.15) is 84.6 Å². The molecule has 0 bridgehead atoms. The first-order chi connectivity index (χ1) is 38.9. The van der Waals surface area contributed by atoms with E-state index in [9.17, 15) is 0 Å². The van der Waals surface area contributed by atoms with Gasteiger partial charge in [-0.3, -0.25) is 0 Å². The van der Waals surface area contributed by atoms with Crippen LogP contribution in [-0.2, 0) is 16.2 Å². The number of hydrogen-bond donors (Lipinski definition) is 0. The third-order valence-corrected chi connectivity index (χ3v) is 17.1. The van der Waals surface area contributed by atoms with Crippen LogP contribution in [0.4, 0.5) is 34.1 Å². The zero-order valence-corrected chi connectivity index (χ0v) is 48.2. The molecular formula is C75H67BN2O3. The van der Waals surface area contributed by atoms with E-state index in [0.29, 0.717) is 13.2 Å². The van der Waals surface area contributed by atoms with E-state index >= 15 is 0 Å². The van der Waals surface area contributed by atoms with Crippen molar-refractivity contribution in [3.05, 3.63) is 222 Å². The van der Waals surface area contributed by atoms with Crippen LogP contribution in [0.15, 0.2) is 205 Å². The lowest BCUT2D eigenvalue weighted by Crippen LogP contribution is -2.61. The van der Waals surface area contributed by atoms with Gasteiger partial charge in [0.25, 0.3) is 6.71 Å². The van der Waals surface area contributed by atoms with Crippen LogP contribution in [0.5, 0.6) is 11.5 Å². The summed E-state index contributed by atoms with van der Waals surface area (Å²) in [4.78, 5) is 5.10. The molecule has 4 heterocycles. The number of hydrogen-bond acceptors (Lipinski definition) is 5. The summed E-state index contributed by atoms with van der Waals surface area (Å²) in [6.45, 7) is 23.7. The first kappa shape index (κ1) is 50.5. The average Bonchev–Trinajstić information content (AvgIpc) is 4.01. The first-order valence-corrected chi connectivity index (χ1v) is 28.7. The fourth-order valence-corrected chi connectivity index (χ4v) is 12.7. The van der Waals surface area contributed by atoms with Gasteiger partial charge in [-0.05, 0) is 174 Å². The van der Waals surface area contributed by atoms with Crippen LogP contribution in [0.25, 0.3) is 66.4 Å². The second-order valence-corrected chi connectivity index (χ2v) is 25.7. The van der Waals surface area contributed by atoms with E-state index in [1.165, 1.54) is 49.8 Å². The van der Waals surface area contributed by atoms with Crippen molar-refractivity contribution in [3.8, 4) is 56.0 Å². The van der Waals surface area contributed by atoms with E-state index < -0.39 is 0 Å². The van der Waals surface area contributed by atoms with Gasteiger partial charge in [-0.2, -0.15) is 0 Å². The summed E-state index contributed by atoms with van der Waals surface area (Å²) in [5, 5.41) is 2.24. The number of fused-ring (bicyclic) bond motifs is 8. The van der Waals surface area contributed by atoms with Crippen LogP contribution in [0.2, 0.25) is 0 Å². The predicted molar refractivity (Wildman–Crippen MR) is 341 cm³/mol. The van der Waals surface area contributed by atoms with Gasteiger partial charge >= 0.3 is 0 Å². The zero-order chi connectivity index (χ0) is 55.7. The Balaban J connectivity index is 1.06. The highest BCUT2D eigenvalue weighted by Gasteiger charge is 2.45. The Kier molecular flexibility index (Phi) is 11.6. The lowest BCUT2D eigenvalue weighted by Gasteiger charge is -2.45. The SMILES string of the molecule is Cc1cc2c3c(c1)N(c1ccc(C(C)(C)C)cc1-c1ccccc1)c1cc4c(cc1B3c1ccc(-c3ccc5c(c3)oc3ccccc35)cc1N2c1cc(-c2ccc(C(C)(C)C)cc2)cc(-c2ccc(C(C)(C)C)cc2)c1)OCCO4. The van der Waals surface area contributed by atoms with Crippen molar-refractivity contribution >= 4 is 79.2 Å². The summed E-state index contributed by atoms with van der Waals surface area (Å²) < 4.78 is 19.6. The minimum Gasteiger partial charge on any atom is -0.486 e. The molecule has 10 aromatic carbocycles. The van der Waals surface area contributed by atoms with Crippen molar-refractivity contribution < 1.29 is 13.9 Å². The Morgan fingerprint density at radius 3 is 1.57 bits per heavy atom. The molecule has 0 amide bonds. The number of nitrogens with zero attached hydrogens (tertiary/aromatic N) is 2. The van der Waals surface area contributed by atoms with Crippen molar-refractivity contribution in [3.63, 3.8) is 0 Å². The summed E-state index contributed by atoms with van der Waals surface area (Å²) in [5.41, 5.74) is 26.3. The normalized spacial score (nSPS) is 13.8. The molecule has 0 atom stereocenters. The molecular weight excluding hydrogens is 988 g/mol. The Bertz CT molecular complexity index is 4230. The quantitative estimate of drug-likeness (QED) is 0.155. The molecule has 0 radical (unpaired) electrons. The molecule has 0 unspecified atom stereocenters. The van der Waals surface area contributed by atoms with Crippen LogP contribution in [-0.4, -0.2) is 19.9 Å². The molecule has 81 heavy (non-hydrogen) atoms. The van der Waals surface area contributed by atoms with E-state index in [-0.39, 0.29) is 23.0 Å². The van der Waals surface area contributed by atoms with Crippen molar-refractivity contribution in [1.29, 1.82) is 0 Å². The maximum atomic E-state index is 6.55. The van der Waals surface area contributed by atoms with Crippen LogP contribution >= 0.6 is 0 Å². The number of ether oxygens (including phenoxy) is 2. The van der Waals surface area contributed by atoms with Crippen LogP contribution in [0, 0.1) is 6.92 Å². The predicted octanol–water partition coefficient (Wildman–Crippen LogP) is 18.3. The Hall–Kier alpha value is -8.74. The summed E-state index contributed by atoms with van der Waals surface area (Å²) in [6.07, 6.45) is 0. The second kappa shape index (κ2) is 18.7. The van der Waals surface area contributed by atoms with E-state index in [0.717, 1.165) is 101 Å². The van der Waals surface area contributed by atoms with Gasteiger partial charge in [0.2, 0.25) is 0 Å². The molecule has 3 aliphatic heterocycles. The van der Waals surface area contributed by atoms with E-state index in [2.05, 4.69) is 273 Å². The van der Waals surface area contributed by atoms with Gasteiger partial charge in [-0.15, -0.1) is 0 Å². The van der Waals surface area contributed by atoms with E-state index in [4.69, 9.17) is 13.9 Å². The van der Waals surface area contributed by atoms with E-state index in [1.807, 2.05) is 6.07 Å². The van der Waals surface area contributed by atoms with Crippen molar-refractivity contribution in [2.75, 3.05) is 23.0 Å². The summed E-state index contributed by atoms with van der Waals surface area (Å²) in [6, 6.07) is 75.2. The highest BCUT2D eigenvalue weighted by atomic mass is 16.6. The molecule has 0 spiro atoms. The molecule has 0 saturated carbocycles. The number of furan rings is 1. The molecule has 5 nitrogen and oxygen atoms in total. The largest absolute Gasteiger partial charge is 0.486 e. The average molecular weight is 1060 g/mol. The molecule has 0 aliphatic carbocycles. The van der Waals surface area contributed by atoms with Crippen molar-refractivity contribution in [1.82, 2.24) is 0 Å². The lowest BCUT2D eigenvalue weighted by atomic mass is 9.33. The third kappa shape index (κ3) is 8.70. The van der Waals surface area contributed by atoms with Gasteiger partial charge in [-0.1, -0.05) is 184 Å². The fourth-order valence-electron chi connectivity index (χ4n) is 12.7. The monoisotopic (exact) mass is 1050 g/mol. The van der Waals surface area contributed by atoms with Gasteiger partial charge in [0.1, 0.15) is 24.4 Å². The molecule has 0 saturated heterocycles. The molecule has 0 fully saturated rings. The minimum atomic E-state index is -0.164. The highest BCUT2D eigenvalue weighted by molar-refractivity contribution is 7.00. The topological polar surface area (TPSA) is 38.1 Å². The number of para-hydroxylation sites is 1. The summed E-state index contributed by atoms with van der Waals surface area (Å²) in [5.74, 6) is 1.54. The van der Waals surface area contributed by atoms with Gasteiger partial charge in [-0.25, -0.2) is 0 Å². The molecule has 3 aliphatic rings. The minimum absolute atomic E-state index is 0.0206. The molecule has 1 aromatic heterocycles. The molecule has 14 rings (SSSR count). The van der Waals surface area contributed by atoms with Crippen molar-refractivity contribution in [2.24, 2.45) is 0 Å². The van der Waals surface area contributed by atoms with Crippen molar-refractivity contribution in [2.45, 2.75) is 85.5 Å². The third-order valence-electron chi connectivity index (χ3n) is 17.1. The van der Waals surface area contributed by atoms with Gasteiger partial charge in [0.05, 0.1) is 5.69 Å². The Labute approximate surface area is 477 Å². The standard InChI is InChI=1S/C75H67BN2O3/c1-46-36-66-72-67(37-46)78(63-33-30-56(75(8,9)10)43-60(63)49-16-12-11-13-17-49)65-45-71-70(79-34-35-80-71)44-62(65)76(72)61-32-25-50(51-24-31-59-58-18-14-15-19-68(58)81-69(59)42-51)41-64(61)77(66)57-39-52(47-20-26-54(27-21-47)73(2,3)4)38-53(40-57)48-22-28-55(29-23-48)74(5,6)7/h11-33,36-45H,34-35H2,1-10H3. The smallest absolute Gasteiger partial charge is 0.252 e. The van der Waals surface area contributed by atoms with Gasteiger partial charge in [0, 0.05) is 50.8 Å². The zero-order valence-electron chi connectivity index (χ0n) is 48.2. The Morgan fingerprint density at radius 2 is 0.914 bits per heavy atom. The second-order valence-electron chi connectivity index (χ2n) is 25.7. The van der Waals surface area contributed by atoms with Gasteiger partial charge in [0.15, 0.2) is 11.5 Å². The molecule has 0 N–H and O–H groups in total. The lowest BCUT2D eigenvalue weighted by molar-refractivity contribution is 0.172. The van der Waals surface area contributed by atoms with Crippen LogP contribution in [0.3, 0.4) is 0 Å². The van der Waals surface area contributed by atoms with Gasteiger partial charge < -0.3 is 23.7 Å². The van der Waals surface area contributed by atoms with E-state index in [1.54, 1.807) is 0 Å². The number of benzene rings is 10. The number of aryl methyl sites for hydroxylation is 1. The summed E-state index contributed by atoms with van der Waals surface area (Å²) in [7, 11) is 0. The maximum absolute atomic E-state index is 6.55. The maximum Gasteiger partial charge on any atom is 0.252 e. The van der Waals surface area contributed by atoms with Crippen LogP contribution < -0.4 is 35.7 Å². The number of anilines is 6. The number of rotatable bonds is 6. The molecule has 11 aromatic rings. The first-order valence-electron chi connectivity index (χ1n) is 28.7. The fraction of sp³-hybridized carbons (Fsp3) is 0.200. The Morgan fingerprint density at radius 1 is 0.370 bits per heavy atom. The highest BCUT2D eigenvalue weighted by Crippen LogP contribution is 2.51. The molecule has 6 heteroatoms. The molecule has 398 valence electrons.